The van der Waals surface area contributed by atoms with Gasteiger partial charge in [-0.15, -0.1) is 12.4 Å². The molecule has 1 fully saturated rings. The fourth-order valence-electron chi connectivity index (χ4n) is 3.03. The van der Waals surface area contributed by atoms with E-state index in [1.54, 1.807) is 0 Å². The van der Waals surface area contributed by atoms with E-state index in [2.05, 4.69) is 36.0 Å². The highest BCUT2D eigenvalue weighted by Crippen LogP contribution is 2.13. The van der Waals surface area contributed by atoms with E-state index in [0.29, 0.717) is 30.6 Å². The van der Waals surface area contributed by atoms with Crippen molar-refractivity contribution in [2.75, 3.05) is 39.8 Å². The molecule has 1 atom stereocenters. The smallest absolute Gasteiger partial charge is 0.251 e. The number of amides is 1. The molecule has 1 aliphatic rings. The van der Waals surface area contributed by atoms with Crippen molar-refractivity contribution in [3.05, 3.63) is 35.4 Å². The van der Waals surface area contributed by atoms with Gasteiger partial charge >= 0.3 is 0 Å². The second-order valence-electron chi connectivity index (χ2n) is 6.76. The van der Waals surface area contributed by atoms with Crippen LogP contribution in [-0.2, 0) is 6.54 Å². The average molecular weight is 355 g/mol. The van der Waals surface area contributed by atoms with Crippen LogP contribution in [0.1, 0.15) is 29.8 Å². The number of hydrogen-bond acceptors (Lipinski definition) is 4. The van der Waals surface area contributed by atoms with Crippen molar-refractivity contribution in [3.63, 3.8) is 0 Å². The van der Waals surface area contributed by atoms with Crippen molar-refractivity contribution < 1.29 is 4.79 Å². The van der Waals surface area contributed by atoms with E-state index in [9.17, 15) is 4.79 Å². The zero-order valence-electron chi connectivity index (χ0n) is 15.0. The minimum absolute atomic E-state index is 0. The molecule has 1 aliphatic heterocycles. The molecule has 0 spiro atoms. The number of nitrogens with two attached hydrogens (primary N) is 1. The number of nitrogens with one attached hydrogen (secondary N) is 1. The molecule has 24 heavy (non-hydrogen) atoms. The van der Waals surface area contributed by atoms with E-state index in [-0.39, 0.29) is 18.3 Å². The molecule has 0 saturated carbocycles. The normalized spacial score (nSPS) is 17.4. The average Bonchev–Trinajstić information content (AvgIpc) is 2.56. The first-order chi connectivity index (χ1) is 11.0. The van der Waals surface area contributed by atoms with Crippen LogP contribution in [0.4, 0.5) is 0 Å². The summed E-state index contributed by atoms with van der Waals surface area (Å²) in [5.74, 6) is 0.506. The van der Waals surface area contributed by atoms with Gasteiger partial charge in [0.15, 0.2) is 0 Å². The van der Waals surface area contributed by atoms with Crippen molar-refractivity contribution in [1.29, 1.82) is 0 Å². The van der Waals surface area contributed by atoms with Gasteiger partial charge in [0, 0.05) is 50.9 Å². The Morgan fingerprint density at radius 3 is 2.25 bits per heavy atom. The second-order valence-corrected chi connectivity index (χ2v) is 6.76. The number of likely N-dealkylation sites (N-methyl/N-ethyl adjacent to an activating group) is 1. The van der Waals surface area contributed by atoms with Gasteiger partial charge in [0.1, 0.15) is 0 Å². The van der Waals surface area contributed by atoms with Crippen LogP contribution in [0.25, 0.3) is 0 Å². The Balaban J connectivity index is 0.00000288. The lowest BCUT2D eigenvalue weighted by atomic mass is 10.0. The molecule has 1 aromatic carbocycles. The van der Waals surface area contributed by atoms with Crippen molar-refractivity contribution in [2.24, 2.45) is 11.7 Å². The van der Waals surface area contributed by atoms with Gasteiger partial charge in [-0.1, -0.05) is 26.0 Å². The third-order valence-corrected chi connectivity index (χ3v) is 4.70. The van der Waals surface area contributed by atoms with Gasteiger partial charge in [0.05, 0.1) is 0 Å². The summed E-state index contributed by atoms with van der Waals surface area (Å²) in [6.07, 6.45) is 0. The Bertz CT molecular complexity index is 498. The van der Waals surface area contributed by atoms with Gasteiger partial charge in [-0.3, -0.25) is 9.69 Å². The van der Waals surface area contributed by atoms with E-state index in [4.69, 9.17) is 5.73 Å². The molecule has 1 aromatic rings. The van der Waals surface area contributed by atoms with Crippen LogP contribution in [0.15, 0.2) is 24.3 Å². The Labute approximate surface area is 152 Å². The highest BCUT2D eigenvalue weighted by atomic mass is 35.5. The molecule has 0 aliphatic carbocycles. The standard InChI is InChI=1S/C18H30N4O.ClH/c1-14(2)17(22-10-8-21(3)9-11-22)13-20-18(23)16-6-4-15(12-19)5-7-16;/h4-7,14,17H,8-13,19H2,1-3H3,(H,20,23);1H. The van der Waals surface area contributed by atoms with Crippen molar-refractivity contribution in [1.82, 2.24) is 15.1 Å². The predicted molar refractivity (Wildman–Crippen MR) is 102 cm³/mol. The summed E-state index contributed by atoms with van der Waals surface area (Å²) < 4.78 is 0. The monoisotopic (exact) mass is 354 g/mol. The SMILES string of the molecule is CC(C)C(CNC(=O)c1ccc(CN)cc1)N1CCN(C)CC1.Cl. The van der Waals surface area contributed by atoms with Crippen LogP contribution in [0.2, 0.25) is 0 Å². The van der Waals surface area contributed by atoms with Gasteiger partial charge in [0.2, 0.25) is 0 Å². The fraction of sp³-hybridized carbons (Fsp3) is 0.611. The van der Waals surface area contributed by atoms with E-state index in [0.717, 1.165) is 31.7 Å². The Hall–Kier alpha value is -1.14. The summed E-state index contributed by atoms with van der Waals surface area (Å²) >= 11 is 0. The van der Waals surface area contributed by atoms with Crippen LogP contribution in [0.5, 0.6) is 0 Å². The van der Waals surface area contributed by atoms with Crippen LogP contribution in [-0.4, -0.2) is 61.5 Å². The van der Waals surface area contributed by atoms with Crippen molar-refractivity contribution in [3.8, 4) is 0 Å². The molecule has 5 nitrogen and oxygen atoms in total. The zero-order chi connectivity index (χ0) is 16.8. The third-order valence-electron chi connectivity index (χ3n) is 4.70. The largest absolute Gasteiger partial charge is 0.350 e. The lowest BCUT2D eigenvalue weighted by Gasteiger charge is -2.39. The summed E-state index contributed by atoms with van der Waals surface area (Å²) in [7, 11) is 2.16. The van der Waals surface area contributed by atoms with Gasteiger partial charge in [0.25, 0.3) is 5.91 Å². The molecule has 3 N–H and O–H groups in total. The van der Waals surface area contributed by atoms with Crippen LogP contribution in [0, 0.1) is 5.92 Å². The van der Waals surface area contributed by atoms with E-state index >= 15 is 0 Å². The molecule has 136 valence electrons. The first-order valence-electron chi connectivity index (χ1n) is 8.51. The number of carbonyl (C=O) groups is 1. The number of benzene rings is 1. The molecule has 1 unspecified atom stereocenters. The quantitative estimate of drug-likeness (QED) is 0.814. The van der Waals surface area contributed by atoms with Crippen molar-refractivity contribution >= 4 is 18.3 Å². The molecule has 1 saturated heterocycles. The lowest BCUT2D eigenvalue weighted by Crippen LogP contribution is -2.54. The highest BCUT2D eigenvalue weighted by Gasteiger charge is 2.25. The summed E-state index contributed by atoms with van der Waals surface area (Å²) in [6.45, 7) is 9.98. The van der Waals surface area contributed by atoms with E-state index in [1.165, 1.54) is 0 Å². The van der Waals surface area contributed by atoms with Gasteiger partial charge in [-0.25, -0.2) is 0 Å². The number of carbonyl (C=O) groups excluding carboxylic acids is 1. The van der Waals surface area contributed by atoms with Crippen LogP contribution >= 0.6 is 12.4 Å². The Morgan fingerprint density at radius 2 is 1.75 bits per heavy atom. The first-order valence-corrected chi connectivity index (χ1v) is 8.51. The maximum absolute atomic E-state index is 12.3. The molecule has 1 amide bonds. The number of nitrogens with zero attached hydrogens (tertiary/aromatic N) is 2. The van der Waals surface area contributed by atoms with Crippen LogP contribution in [0.3, 0.4) is 0 Å². The minimum atomic E-state index is -0.00616. The Kier molecular flexibility index (Phi) is 8.70. The summed E-state index contributed by atoms with van der Waals surface area (Å²) in [5.41, 5.74) is 7.33. The molecule has 1 heterocycles. The molecular weight excluding hydrogens is 324 g/mol. The van der Waals surface area contributed by atoms with E-state index < -0.39 is 0 Å². The topological polar surface area (TPSA) is 61.6 Å². The van der Waals surface area contributed by atoms with Gasteiger partial charge in [-0.05, 0) is 30.7 Å². The molecule has 0 bridgehead atoms. The third kappa shape index (κ3) is 5.74. The zero-order valence-corrected chi connectivity index (χ0v) is 15.8. The number of hydrogen-bond donors (Lipinski definition) is 2. The van der Waals surface area contributed by atoms with Crippen LogP contribution < -0.4 is 11.1 Å². The Morgan fingerprint density at radius 1 is 1.17 bits per heavy atom. The van der Waals surface area contributed by atoms with Gasteiger partial charge < -0.3 is 16.0 Å². The second kappa shape index (κ2) is 9.99. The molecule has 2 rings (SSSR count). The number of rotatable bonds is 6. The summed E-state index contributed by atoms with van der Waals surface area (Å²) in [4.78, 5) is 17.2. The number of halogens is 1. The molecule has 0 aromatic heterocycles. The molecular formula is C18H31ClN4O. The molecule has 6 heteroatoms. The minimum Gasteiger partial charge on any atom is -0.350 e. The lowest BCUT2D eigenvalue weighted by molar-refractivity contribution is 0.0791. The van der Waals surface area contributed by atoms with E-state index in [1.807, 2.05) is 24.3 Å². The van der Waals surface area contributed by atoms with Crippen molar-refractivity contribution in [2.45, 2.75) is 26.4 Å². The maximum atomic E-state index is 12.3. The summed E-state index contributed by atoms with van der Waals surface area (Å²) in [5, 5.41) is 3.10. The highest BCUT2D eigenvalue weighted by molar-refractivity contribution is 5.94. The maximum Gasteiger partial charge on any atom is 0.251 e. The van der Waals surface area contributed by atoms with Gasteiger partial charge in [-0.2, -0.15) is 0 Å². The number of piperazine rings is 1. The fourth-order valence-corrected chi connectivity index (χ4v) is 3.03. The first kappa shape index (κ1) is 20.9. The molecule has 0 radical (unpaired) electrons. The summed E-state index contributed by atoms with van der Waals surface area (Å²) in [6, 6.07) is 7.90. The predicted octanol–water partition coefficient (Wildman–Crippen LogP) is 1.57.